The maximum absolute atomic E-state index is 13.7. The predicted octanol–water partition coefficient (Wildman–Crippen LogP) is 3.59. The van der Waals surface area contributed by atoms with Crippen molar-refractivity contribution >= 4 is 11.7 Å². The molecule has 0 aliphatic carbocycles. The first-order chi connectivity index (χ1) is 15.1. The standard InChI is InChI=1S/C22H21FN6O2/c1-15-2-3-17(14-18(15)23)22-26-21(31-28-22)5-4-20(30)25-19-9-13-29(27-19)12-8-16-6-10-24-11-7-16/h2-3,6-7,9-11,13-14H,4-5,8,12H2,1H3,(H,25,27,30). The van der Waals surface area contributed by atoms with Crippen LogP contribution in [0.25, 0.3) is 11.4 Å². The van der Waals surface area contributed by atoms with Gasteiger partial charge in [0.15, 0.2) is 5.82 Å². The number of pyridine rings is 1. The second kappa shape index (κ2) is 9.29. The minimum atomic E-state index is -0.330. The highest BCUT2D eigenvalue weighted by Crippen LogP contribution is 2.19. The first kappa shape index (κ1) is 20.4. The van der Waals surface area contributed by atoms with E-state index in [9.17, 15) is 9.18 Å². The van der Waals surface area contributed by atoms with Crippen molar-refractivity contribution in [2.75, 3.05) is 5.32 Å². The molecule has 0 fully saturated rings. The molecular weight excluding hydrogens is 399 g/mol. The topological polar surface area (TPSA) is 98.7 Å². The number of aryl methyl sites for hydroxylation is 4. The van der Waals surface area contributed by atoms with E-state index in [4.69, 9.17) is 4.52 Å². The van der Waals surface area contributed by atoms with Crippen LogP contribution in [0.4, 0.5) is 10.2 Å². The van der Waals surface area contributed by atoms with E-state index in [1.165, 1.54) is 11.6 Å². The Balaban J connectivity index is 1.26. The van der Waals surface area contributed by atoms with Crippen molar-refractivity contribution in [3.63, 3.8) is 0 Å². The van der Waals surface area contributed by atoms with E-state index in [-0.39, 0.29) is 24.6 Å². The molecule has 4 rings (SSSR count). The molecule has 1 amide bonds. The molecule has 0 atom stereocenters. The highest BCUT2D eigenvalue weighted by molar-refractivity contribution is 5.89. The van der Waals surface area contributed by atoms with E-state index in [1.807, 2.05) is 18.3 Å². The average molecular weight is 420 g/mol. The summed E-state index contributed by atoms with van der Waals surface area (Å²) < 4.78 is 20.7. The summed E-state index contributed by atoms with van der Waals surface area (Å²) >= 11 is 0. The Morgan fingerprint density at radius 2 is 2.00 bits per heavy atom. The number of hydrogen-bond acceptors (Lipinski definition) is 6. The zero-order valence-corrected chi connectivity index (χ0v) is 17.0. The Labute approximate surface area is 178 Å². The van der Waals surface area contributed by atoms with Gasteiger partial charge in [0.05, 0.1) is 0 Å². The largest absolute Gasteiger partial charge is 0.339 e. The molecule has 158 valence electrons. The summed E-state index contributed by atoms with van der Waals surface area (Å²) in [5.74, 6) is 0.557. The maximum Gasteiger partial charge on any atom is 0.227 e. The van der Waals surface area contributed by atoms with E-state index < -0.39 is 0 Å². The number of nitrogens with zero attached hydrogens (tertiary/aromatic N) is 5. The van der Waals surface area contributed by atoms with Crippen molar-refractivity contribution in [2.45, 2.75) is 32.7 Å². The Morgan fingerprint density at radius 1 is 1.16 bits per heavy atom. The number of aromatic nitrogens is 5. The summed E-state index contributed by atoms with van der Waals surface area (Å²) in [7, 11) is 0. The minimum absolute atomic E-state index is 0.160. The maximum atomic E-state index is 13.7. The van der Waals surface area contributed by atoms with Crippen molar-refractivity contribution in [1.29, 1.82) is 0 Å². The molecule has 0 saturated heterocycles. The lowest BCUT2D eigenvalue weighted by atomic mass is 10.1. The zero-order valence-electron chi connectivity index (χ0n) is 17.0. The summed E-state index contributed by atoms with van der Waals surface area (Å²) in [6.07, 6.45) is 6.60. The molecule has 0 aliphatic heterocycles. The summed E-state index contributed by atoms with van der Waals surface area (Å²) in [5.41, 5.74) is 2.24. The van der Waals surface area contributed by atoms with Crippen molar-refractivity contribution < 1.29 is 13.7 Å². The zero-order chi connectivity index (χ0) is 21.6. The van der Waals surface area contributed by atoms with Gasteiger partial charge >= 0.3 is 0 Å². The van der Waals surface area contributed by atoms with E-state index in [0.717, 1.165) is 6.42 Å². The number of nitrogens with one attached hydrogen (secondary N) is 1. The first-order valence-electron chi connectivity index (χ1n) is 9.88. The van der Waals surface area contributed by atoms with Crippen molar-refractivity contribution in [2.24, 2.45) is 0 Å². The summed E-state index contributed by atoms with van der Waals surface area (Å²) in [5, 5.41) is 11.0. The van der Waals surface area contributed by atoms with Crippen LogP contribution < -0.4 is 5.32 Å². The number of amides is 1. The van der Waals surface area contributed by atoms with Crippen LogP contribution in [0.5, 0.6) is 0 Å². The van der Waals surface area contributed by atoms with Crippen LogP contribution in [0, 0.1) is 12.7 Å². The van der Waals surface area contributed by atoms with Crippen molar-refractivity contribution in [1.82, 2.24) is 24.9 Å². The third-order valence-electron chi connectivity index (χ3n) is 4.75. The molecule has 3 heterocycles. The van der Waals surface area contributed by atoms with Gasteiger partial charge in [-0.1, -0.05) is 17.3 Å². The van der Waals surface area contributed by atoms with Crippen LogP contribution in [0.15, 0.2) is 59.5 Å². The number of halogens is 1. The molecular formula is C22H21FN6O2. The lowest BCUT2D eigenvalue weighted by Gasteiger charge is -2.02. The van der Waals surface area contributed by atoms with Crippen LogP contribution >= 0.6 is 0 Å². The molecule has 4 aromatic rings. The lowest BCUT2D eigenvalue weighted by molar-refractivity contribution is -0.116. The highest BCUT2D eigenvalue weighted by Gasteiger charge is 2.13. The van der Waals surface area contributed by atoms with Crippen LogP contribution in [0.3, 0.4) is 0 Å². The van der Waals surface area contributed by atoms with E-state index >= 15 is 0 Å². The molecule has 0 saturated carbocycles. The second-order valence-electron chi connectivity index (χ2n) is 7.09. The van der Waals surface area contributed by atoms with Gasteiger partial charge in [0.2, 0.25) is 17.6 Å². The molecule has 0 bridgehead atoms. The molecule has 31 heavy (non-hydrogen) atoms. The van der Waals surface area contributed by atoms with Gasteiger partial charge < -0.3 is 9.84 Å². The van der Waals surface area contributed by atoms with E-state index in [2.05, 4.69) is 25.5 Å². The minimum Gasteiger partial charge on any atom is -0.339 e. The first-order valence-corrected chi connectivity index (χ1v) is 9.88. The van der Waals surface area contributed by atoms with E-state index in [1.54, 1.807) is 42.2 Å². The summed E-state index contributed by atoms with van der Waals surface area (Å²) in [6, 6.07) is 10.4. The second-order valence-corrected chi connectivity index (χ2v) is 7.09. The number of anilines is 1. The average Bonchev–Trinajstić information content (AvgIpc) is 3.43. The van der Waals surface area contributed by atoms with Gasteiger partial charge in [0.1, 0.15) is 5.82 Å². The molecule has 9 heteroatoms. The quantitative estimate of drug-likeness (QED) is 0.468. The van der Waals surface area contributed by atoms with E-state index in [0.29, 0.717) is 35.2 Å². The van der Waals surface area contributed by atoms with Crippen molar-refractivity contribution in [3.05, 3.63) is 77.8 Å². The Hall–Kier alpha value is -3.88. The number of benzene rings is 1. The van der Waals surface area contributed by atoms with Crippen LogP contribution in [-0.4, -0.2) is 30.8 Å². The van der Waals surface area contributed by atoms with Crippen LogP contribution in [-0.2, 0) is 24.2 Å². The molecule has 0 spiro atoms. The summed E-state index contributed by atoms with van der Waals surface area (Å²) in [4.78, 5) is 20.5. The van der Waals surface area contributed by atoms with Gasteiger partial charge in [0.25, 0.3) is 0 Å². The van der Waals surface area contributed by atoms with Gasteiger partial charge in [-0.15, -0.1) is 0 Å². The fourth-order valence-electron chi connectivity index (χ4n) is 2.98. The monoisotopic (exact) mass is 420 g/mol. The Morgan fingerprint density at radius 3 is 2.81 bits per heavy atom. The third-order valence-corrected chi connectivity index (χ3v) is 4.75. The third kappa shape index (κ3) is 5.39. The van der Waals surface area contributed by atoms with Gasteiger partial charge in [-0.25, -0.2) is 4.39 Å². The molecule has 0 aliphatic rings. The number of hydrogen-bond donors (Lipinski definition) is 1. The van der Waals surface area contributed by atoms with Crippen LogP contribution in [0.2, 0.25) is 0 Å². The Kier molecular flexibility index (Phi) is 6.11. The highest BCUT2D eigenvalue weighted by atomic mass is 19.1. The molecule has 8 nitrogen and oxygen atoms in total. The number of rotatable bonds is 8. The normalized spacial score (nSPS) is 10.9. The number of carbonyl (C=O) groups excluding carboxylic acids is 1. The SMILES string of the molecule is Cc1ccc(-c2noc(CCC(=O)Nc3ccn(CCc4ccncc4)n3)n2)cc1F. The molecule has 1 N–H and O–H groups in total. The van der Waals surface area contributed by atoms with Gasteiger partial charge in [-0.2, -0.15) is 10.1 Å². The molecule has 0 radical (unpaired) electrons. The number of carbonyl (C=O) groups is 1. The molecule has 1 aromatic carbocycles. The van der Waals surface area contributed by atoms with Gasteiger partial charge in [-0.3, -0.25) is 14.5 Å². The summed E-state index contributed by atoms with van der Waals surface area (Å²) in [6.45, 7) is 2.38. The lowest BCUT2D eigenvalue weighted by Crippen LogP contribution is -2.13. The fraction of sp³-hybridized carbons (Fsp3) is 0.227. The van der Waals surface area contributed by atoms with Crippen LogP contribution in [0.1, 0.15) is 23.4 Å². The smallest absolute Gasteiger partial charge is 0.227 e. The molecule has 0 unspecified atom stereocenters. The van der Waals surface area contributed by atoms with Gasteiger partial charge in [-0.05, 0) is 42.7 Å². The molecule has 3 aromatic heterocycles. The predicted molar refractivity (Wildman–Crippen MR) is 112 cm³/mol. The fourth-order valence-corrected chi connectivity index (χ4v) is 2.98. The van der Waals surface area contributed by atoms with Crippen molar-refractivity contribution in [3.8, 4) is 11.4 Å². The van der Waals surface area contributed by atoms with Gasteiger partial charge in [0, 0.05) is 49.6 Å². The Bertz CT molecular complexity index is 1170.